The lowest BCUT2D eigenvalue weighted by Crippen LogP contribution is -2.35. The number of anilines is 1. The molecule has 0 spiro atoms. The third kappa shape index (κ3) is 3.69. The van der Waals surface area contributed by atoms with Gasteiger partial charge in [0.2, 0.25) is 0 Å². The topological polar surface area (TPSA) is 57.7 Å². The number of para-hydroxylation sites is 1. The largest absolute Gasteiger partial charge is 0.339 e. The van der Waals surface area contributed by atoms with Crippen LogP contribution in [0.25, 0.3) is 0 Å². The standard InChI is InChI=1S/C19H22N2O3S/c1-20(17-10-4-2-5-11-17)25(23,24)18-12-8-9-16(15-18)19(22)21-13-6-3-7-14-21/h2,4-5,8-12,15H,3,6-7,13-14H2,1H3. The van der Waals surface area contributed by atoms with Crippen molar-refractivity contribution in [3.8, 4) is 0 Å². The lowest BCUT2D eigenvalue weighted by atomic mass is 10.1. The van der Waals surface area contributed by atoms with E-state index in [0.29, 0.717) is 11.3 Å². The summed E-state index contributed by atoms with van der Waals surface area (Å²) in [5, 5.41) is 0. The van der Waals surface area contributed by atoms with Crippen molar-refractivity contribution in [1.82, 2.24) is 4.90 Å². The molecule has 3 rings (SSSR count). The second-order valence-corrected chi connectivity index (χ2v) is 8.16. The first kappa shape index (κ1) is 17.5. The third-order valence-corrected chi connectivity index (χ3v) is 6.28. The Bertz CT molecular complexity index is 844. The Morgan fingerprint density at radius 2 is 1.64 bits per heavy atom. The van der Waals surface area contributed by atoms with Crippen LogP contribution in [-0.4, -0.2) is 39.4 Å². The lowest BCUT2D eigenvalue weighted by Gasteiger charge is -2.27. The van der Waals surface area contributed by atoms with E-state index < -0.39 is 10.0 Å². The van der Waals surface area contributed by atoms with Gasteiger partial charge < -0.3 is 4.90 Å². The van der Waals surface area contributed by atoms with Crippen molar-refractivity contribution < 1.29 is 13.2 Å². The van der Waals surface area contributed by atoms with Crippen LogP contribution in [0.15, 0.2) is 59.5 Å². The van der Waals surface area contributed by atoms with Crippen LogP contribution in [0.2, 0.25) is 0 Å². The van der Waals surface area contributed by atoms with Gasteiger partial charge in [0, 0.05) is 25.7 Å². The van der Waals surface area contributed by atoms with Crippen molar-refractivity contribution in [2.24, 2.45) is 0 Å². The average molecular weight is 358 g/mol. The zero-order chi connectivity index (χ0) is 17.9. The van der Waals surface area contributed by atoms with Crippen LogP contribution in [-0.2, 0) is 10.0 Å². The van der Waals surface area contributed by atoms with E-state index in [-0.39, 0.29) is 10.8 Å². The van der Waals surface area contributed by atoms with Gasteiger partial charge in [-0.2, -0.15) is 0 Å². The highest BCUT2D eigenvalue weighted by molar-refractivity contribution is 7.92. The van der Waals surface area contributed by atoms with Gasteiger partial charge >= 0.3 is 0 Å². The van der Waals surface area contributed by atoms with E-state index in [2.05, 4.69) is 0 Å². The molecule has 1 heterocycles. The molecule has 0 unspecified atom stereocenters. The van der Waals surface area contributed by atoms with Gasteiger partial charge in [0.15, 0.2) is 0 Å². The fourth-order valence-electron chi connectivity index (χ4n) is 3.00. The minimum atomic E-state index is -3.72. The Kier molecular flexibility index (Phi) is 5.08. The molecule has 1 aliphatic rings. The summed E-state index contributed by atoms with van der Waals surface area (Å²) in [6.07, 6.45) is 3.14. The molecule has 0 N–H and O–H groups in total. The van der Waals surface area contributed by atoms with E-state index in [1.54, 1.807) is 41.3 Å². The van der Waals surface area contributed by atoms with Crippen LogP contribution in [0.5, 0.6) is 0 Å². The van der Waals surface area contributed by atoms with Crippen LogP contribution < -0.4 is 4.31 Å². The molecular weight excluding hydrogens is 336 g/mol. The lowest BCUT2D eigenvalue weighted by molar-refractivity contribution is 0.0724. The fraction of sp³-hybridized carbons (Fsp3) is 0.316. The maximum atomic E-state index is 12.9. The van der Waals surface area contributed by atoms with Crippen molar-refractivity contribution >= 4 is 21.6 Å². The number of likely N-dealkylation sites (tertiary alicyclic amines) is 1. The normalized spacial score (nSPS) is 15.0. The summed E-state index contributed by atoms with van der Waals surface area (Å²) >= 11 is 0. The maximum Gasteiger partial charge on any atom is 0.264 e. The molecule has 0 aliphatic carbocycles. The molecule has 0 atom stereocenters. The number of carbonyl (C=O) groups is 1. The quantitative estimate of drug-likeness (QED) is 0.844. The van der Waals surface area contributed by atoms with Crippen molar-refractivity contribution in [3.63, 3.8) is 0 Å². The average Bonchev–Trinajstić information content (AvgIpc) is 2.68. The van der Waals surface area contributed by atoms with Crippen molar-refractivity contribution in [1.29, 1.82) is 0 Å². The van der Waals surface area contributed by atoms with Crippen molar-refractivity contribution in [3.05, 3.63) is 60.2 Å². The van der Waals surface area contributed by atoms with Gasteiger partial charge in [0.25, 0.3) is 15.9 Å². The summed E-state index contributed by atoms with van der Waals surface area (Å²) in [6.45, 7) is 1.47. The first-order chi connectivity index (χ1) is 12.0. The zero-order valence-electron chi connectivity index (χ0n) is 14.3. The van der Waals surface area contributed by atoms with Gasteiger partial charge in [-0.05, 0) is 49.6 Å². The first-order valence-corrected chi connectivity index (χ1v) is 9.87. The van der Waals surface area contributed by atoms with Gasteiger partial charge in [0.05, 0.1) is 10.6 Å². The van der Waals surface area contributed by atoms with Crippen LogP contribution in [0, 0.1) is 0 Å². The van der Waals surface area contributed by atoms with Gasteiger partial charge in [-0.25, -0.2) is 8.42 Å². The molecule has 2 aromatic carbocycles. The molecule has 0 aromatic heterocycles. The second-order valence-electron chi connectivity index (χ2n) is 6.19. The molecule has 0 bridgehead atoms. The van der Waals surface area contributed by atoms with Gasteiger partial charge in [-0.1, -0.05) is 24.3 Å². The zero-order valence-corrected chi connectivity index (χ0v) is 15.1. The number of nitrogens with zero attached hydrogens (tertiary/aromatic N) is 2. The Labute approximate surface area is 148 Å². The minimum Gasteiger partial charge on any atom is -0.339 e. The maximum absolute atomic E-state index is 12.9. The molecule has 5 nitrogen and oxygen atoms in total. The molecule has 0 radical (unpaired) electrons. The molecule has 2 aromatic rings. The Balaban J connectivity index is 1.88. The highest BCUT2D eigenvalue weighted by Gasteiger charge is 2.24. The Morgan fingerprint density at radius 3 is 2.32 bits per heavy atom. The predicted molar refractivity (Wildman–Crippen MR) is 98.2 cm³/mol. The molecule has 1 fully saturated rings. The van der Waals surface area contributed by atoms with E-state index in [9.17, 15) is 13.2 Å². The van der Waals surface area contributed by atoms with E-state index in [1.165, 1.54) is 23.5 Å². The molecular formula is C19H22N2O3S. The monoisotopic (exact) mass is 358 g/mol. The number of hydrogen-bond acceptors (Lipinski definition) is 3. The van der Waals surface area contributed by atoms with Crippen LogP contribution in [0.3, 0.4) is 0 Å². The SMILES string of the molecule is CN(c1ccccc1)S(=O)(=O)c1cccc(C(=O)N2CCCCC2)c1. The summed E-state index contributed by atoms with van der Waals surface area (Å²) in [7, 11) is -2.20. The summed E-state index contributed by atoms with van der Waals surface area (Å²) in [4.78, 5) is 14.6. The summed E-state index contributed by atoms with van der Waals surface area (Å²) < 4.78 is 27.0. The van der Waals surface area contributed by atoms with Gasteiger partial charge in [-0.3, -0.25) is 9.10 Å². The Hall–Kier alpha value is -2.34. The van der Waals surface area contributed by atoms with E-state index in [1.807, 2.05) is 6.07 Å². The molecule has 6 heteroatoms. The van der Waals surface area contributed by atoms with Crippen LogP contribution in [0.1, 0.15) is 29.6 Å². The molecule has 132 valence electrons. The van der Waals surface area contributed by atoms with Crippen LogP contribution >= 0.6 is 0 Å². The second kappa shape index (κ2) is 7.27. The molecule has 1 amide bonds. The van der Waals surface area contributed by atoms with Gasteiger partial charge in [0.1, 0.15) is 0 Å². The summed E-state index contributed by atoms with van der Waals surface area (Å²) in [5.74, 6) is -0.0980. The number of benzene rings is 2. The predicted octanol–water partition coefficient (Wildman–Crippen LogP) is 3.14. The van der Waals surface area contributed by atoms with Crippen molar-refractivity contribution in [2.75, 3.05) is 24.4 Å². The number of piperidine rings is 1. The molecule has 25 heavy (non-hydrogen) atoms. The van der Waals surface area contributed by atoms with E-state index in [0.717, 1.165) is 32.4 Å². The van der Waals surface area contributed by atoms with E-state index >= 15 is 0 Å². The summed E-state index contributed by atoms with van der Waals surface area (Å²) in [5.41, 5.74) is 1.000. The summed E-state index contributed by atoms with van der Waals surface area (Å²) in [6, 6.07) is 15.2. The number of sulfonamides is 1. The smallest absolute Gasteiger partial charge is 0.264 e. The highest BCUT2D eigenvalue weighted by Crippen LogP contribution is 2.23. The highest BCUT2D eigenvalue weighted by atomic mass is 32.2. The van der Waals surface area contributed by atoms with Gasteiger partial charge in [-0.15, -0.1) is 0 Å². The number of hydrogen-bond donors (Lipinski definition) is 0. The number of carbonyl (C=O) groups excluding carboxylic acids is 1. The van der Waals surface area contributed by atoms with Crippen molar-refractivity contribution in [2.45, 2.75) is 24.2 Å². The third-order valence-electron chi connectivity index (χ3n) is 4.50. The van der Waals surface area contributed by atoms with Crippen LogP contribution in [0.4, 0.5) is 5.69 Å². The van der Waals surface area contributed by atoms with E-state index in [4.69, 9.17) is 0 Å². The Morgan fingerprint density at radius 1 is 0.960 bits per heavy atom. The first-order valence-electron chi connectivity index (χ1n) is 8.43. The molecule has 1 aliphatic heterocycles. The molecule has 1 saturated heterocycles. The fourth-order valence-corrected chi connectivity index (χ4v) is 4.25. The number of amides is 1. The number of rotatable bonds is 4. The molecule has 0 saturated carbocycles. The minimum absolute atomic E-state index is 0.0980.